The lowest BCUT2D eigenvalue weighted by molar-refractivity contribution is -0.117. The van der Waals surface area contributed by atoms with E-state index in [4.69, 9.17) is 4.74 Å². The van der Waals surface area contributed by atoms with E-state index in [9.17, 15) is 4.79 Å². The molecule has 7 nitrogen and oxygen atoms in total. The highest BCUT2D eigenvalue weighted by atomic mass is 32.1. The predicted octanol–water partition coefficient (Wildman–Crippen LogP) is 1.84. The van der Waals surface area contributed by atoms with Crippen LogP contribution in [0.3, 0.4) is 0 Å². The van der Waals surface area contributed by atoms with Crippen molar-refractivity contribution in [3.8, 4) is 0 Å². The average molecular weight is 361 g/mol. The zero-order chi connectivity index (χ0) is 17.5. The first-order valence-electron chi connectivity index (χ1n) is 8.36. The van der Waals surface area contributed by atoms with Crippen molar-refractivity contribution in [3.05, 3.63) is 35.5 Å². The van der Waals surface area contributed by atoms with Crippen LogP contribution in [0.4, 0.5) is 10.9 Å². The minimum absolute atomic E-state index is 0.0632. The number of thiazole rings is 1. The molecule has 1 aliphatic rings. The van der Waals surface area contributed by atoms with E-state index in [0.29, 0.717) is 18.2 Å². The fourth-order valence-electron chi connectivity index (χ4n) is 2.72. The molecule has 0 saturated carbocycles. The fourth-order valence-corrected chi connectivity index (χ4v) is 3.44. The van der Waals surface area contributed by atoms with E-state index < -0.39 is 0 Å². The maximum atomic E-state index is 11.7. The number of ether oxygens (including phenoxy) is 1. The van der Waals surface area contributed by atoms with Crippen LogP contribution in [0.1, 0.15) is 12.1 Å². The summed E-state index contributed by atoms with van der Waals surface area (Å²) < 4.78 is 4.90. The number of nitrogens with zero attached hydrogens (tertiary/aromatic N) is 4. The van der Waals surface area contributed by atoms with E-state index in [1.54, 1.807) is 7.11 Å². The number of nitrogens with one attached hydrogen (secondary N) is 1. The SMILES string of the molecule is COCCC(=O)Nc1nc(CN2CCN(c3ccccn3)CC2)cs1. The number of piperazine rings is 1. The molecule has 134 valence electrons. The van der Waals surface area contributed by atoms with Gasteiger partial charge in [0, 0.05) is 51.4 Å². The van der Waals surface area contributed by atoms with Crippen molar-refractivity contribution in [1.29, 1.82) is 0 Å². The summed E-state index contributed by atoms with van der Waals surface area (Å²) in [6.45, 7) is 5.10. The standard InChI is InChI=1S/C17H23N5O2S/c1-24-11-5-16(23)20-17-19-14(13-25-17)12-21-7-9-22(10-8-21)15-4-2-3-6-18-15/h2-4,6,13H,5,7-12H2,1H3,(H,19,20,23). The first kappa shape index (κ1) is 17.8. The minimum Gasteiger partial charge on any atom is -0.384 e. The Hall–Kier alpha value is -2.03. The molecule has 0 radical (unpaired) electrons. The maximum absolute atomic E-state index is 11.7. The van der Waals surface area contributed by atoms with Crippen LogP contribution in [0.2, 0.25) is 0 Å². The van der Waals surface area contributed by atoms with Crippen molar-refractivity contribution in [3.63, 3.8) is 0 Å². The normalized spacial score (nSPS) is 15.3. The van der Waals surface area contributed by atoms with Crippen LogP contribution in [0, 0.1) is 0 Å². The summed E-state index contributed by atoms with van der Waals surface area (Å²) in [5, 5.41) is 5.48. The molecule has 2 aromatic heterocycles. The number of pyridine rings is 1. The van der Waals surface area contributed by atoms with Crippen molar-refractivity contribution < 1.29 is 9.53 Å². The molecule has 0 aromatic carbocycles. The first-order chi connectivity index (χ1) is 12.2. The number of amides is 1. The molecule has 3 heterocycles. The van der Waals surface area contributed by atoms with E-state index in [0.717, 1.165) is 44.2 Å². The van der Waals surface area contributed by atoms with Crippen LogP contribution in [-0.2, 0) is 16.1 Å². The van der Waals surface area contributed by atoms with E-state index in [1.807, 2.05) is 23.7 Å². The molecular formula is C17H23N5O2S. The number of carbonyl (C=O) groups is 1. The molecule has 25 heavy (non-hydrogen) atoms. The largest absolute Gasteiger partial charge is 0.384 e. The number of carbonyl (C=O) groups excluding carboxylic acids is 1. The topological polar surface area (TPSA) is 70.6 Å². The molecular weight excluding hydrogens is 338 g/mol. The summed E-state index contributed by atoms with van der Waals surface area (Å²) in [6.07, 6.45) is 2.18. The van der Waals surface area contributed by atoms with Gasteiger partial charge in [-0.2, -0.15) is 0 Å². The molecule has 1 aliphatic heterocycles. The number of hydrogen-bond donors (Lipinski definition) is 1. The molecule has 0 unspecified atom stereocenters. The van der Waals surface area contributed by atoms with Crippen molar-refractivity contribution in [2.45, 2.75) is 13.0 Å². The van der Waals surface area contributed by atoms with Crippen LogP contribution < -0.4 is 10.2 Å². The number of hydrogen-bond acceptors (Lipinski definition) is 7. The molecule has 1 saturated heterocycles. The summed E-state index contributed by atoms with van der Waals surface area (Å²) in [5.74, 6) is 0.976. The first-order valence-corrected chi connectivity index (χ1v) is 9.24. The highest BCUT2D eigenvalue weighted by Crippen LogP contribution is 2.19. The fraction of sp³-hybridized carbons (Fsp3) is 0.471. The molecule has 1 amide bonds. The summed E-state index contributed by atoms with van der Waals surface area (Å²) in [7, 11) is 1.59. The molecule has 1 N–H and O–H groups in total. The van der Waals surface area contributed by atoms with Gasteiger partial charge in [-0.25, -0.2) is 9.97 Å². The smallest absolute Gasteiger partial charge is 0.228 e. The van der Waals surface area contributed by atoms with Gasteiger partial charge < -0.3 is 15.0 Å². The highest BCUT2D eigenvalue weighted by molar-refractivity contribution is 7.13. The van der Waals surface area contributed by atoms with Crippen LogP contribution in [-0.4, -0.2) is 60.7 Å². The van der Waals surface area contributed by atoms with E-state index in [1.165, 1.54) is 11.3 Å². The Bertz CT molecular complexity index is 671. The molecule has 0 bridgehead atoms. The summed E-state index contributed by atoms with van der Waals surface area (Å²) in [4.78, 5) is 25.3. The number of aromatic nitrogens is 2. The zero-order valence-electron chi connectivity index (χ0n) is 14.4. The van der Waals surface area contributed by atoms with Gasteiger partial charge in [-0.15, -0.1) is 11.3 Å². The Kier molecular flexibility index (Phi) is 6.32. The van der Waals surface area contributed by atoms with Gasteiger partial charge in [0.25, 0.3) is 0 Å². The van der Waals surface area contributed by atoms with Crippen LogP contribution in [0.15, 0.2) is 29.8 Å². The second-order valence-corrected chi connectivity index (χ2v) is 6.74. The van der Waals surface area contributed by atoms with Crippen LogP contribution in [0.25, 0.3) is 0 Å². The van der Waals surface area contributed by atoms with Gasteiger partial charge in [0.1, 0.15) is 5.82 Å². The Morgan fingerprint density at radius 2 is 2.16 bits per heavy atom. The lowest BCUT2D eigenvalue weighted by atomic mass is 10.3. The Balaban J connectivity index is 1.45. The van der Waals surface area contributed by atoms with Crippen molar-refractivity contribution >= 4 is 28.2 Å². The van der Waals surface area contributed by atoms with Gasteiger partial charge >= 0.3 is 0 Å². The molecule has 8 heteroatoms. The summed E-state index contributed by atoms with van der Waals surface area (Å²) in [5.41, 5.74) is 0.998. The summed E-state index contributed by atoms with van der Waals surface area (Å²) >= 11 is 1.47. The molecule has 3 rings (SSSR count). The van der Waals surface area contributed by atoms with Crippen molar-refractivity contribution in [2.24, 2.45) is 0 Å². The van der Waals surface area contributed by atoms with Crippen LogP contribution in [0.5, 0.6) is 0 Å². The van der Waals surface area contributed by atoms with E-state index >= 15 is 0 Å². The summed E-state index contributed by atoms with van der Waals surface area (Å²) in [6, 6.07) is 6.01. The third kappa shape index (κ3) is 5.22. The third-order valence-electron chi connectivity index (χ3n) is 4.06. The number of rotatable bonds is 7. The Morgan fingerprint density at radius 3 is 2.88 bits per heavy atom. The molecule has 2 aromatic rings. The Labute approximate surface area is 151 Å². The highest BCUT2D eigenvalue weighted by Gasteiger charge is 2.18. The maximum Gasteiger partial charge on any atom is 0.228 e. The third-order valence-corrected chi connectivity index (χ3v) is 4.87. The van der Waals surface area contributed by atoms with Gasteiger partial charge in [0.15, 0.2) is 5.13 Å². The van der Waals surface area contributed by atoms with Crippen LogP contribution >= 0.6 is 11.3 Å². The van der Waals surface area contributed by atoms with E-state index in [-0.39, 0.29) is 5.91 Å². The molecule has 0 spiro atoms. The Morgan fingerprint density at radius 1 is 1.32 bits per heavy atom. The lowest BCUT2D eigenvalue weighted by Gasteiger charge is -2.35. The van der Waals surface area contributed by atoms with Crippen molar-refractivity contribution in [2.75, 3.05) is 50.1 Å². The second-order valence-electron chi connectivity index (χ2n) is 5.89. The van der Waals surface area contributed by atoms with E-state index in [2.05, 4.69) is 31.2 Å². The molecule has 0 atom stereocenters. The lowest BCUT2D eigenvalue weighted by Crippen LogP contribution is -2.46. The van der Waals surface area contributed by atoms with Gasteiger partial charge in [-0.3, -0.25) is 9.69 Å². The van der Waals surface area contributed by atoms with Crippen molar-refractivity contribution in [1.82, 2.24) is 14.9 Å². The predicted molar refractivity (Wildman–Crippen MR) is 99.0 cm³/mol. The average Bonchev–Trinajstić information content (AvgIpc) is 3.08. The van der Waals surface area contributed by atoms with Gasteiger partial charge in [0.2, 0.25) is 5.91 Å². The van der Waals surface area contributed by atoms with Gasteiger partial charge in [-0.1, -0.05) is 6.07 Å². The molecule has 0 aliphatic carbocycles. The number of methoxy groups -OCH3 is 1. The quantitative estimate of drug-likeness (QED) is 0.811. The monoisotopic (exact) mass is 361 g/mol. The van der Waals surface area contributed by atoms with Gasteiger partial charge in [-0.05, 0) is 12.1 Å². The van der Waals surface area contributed by atoms with Gasteiger partial charge in [0.05, 0.1) is 18.7 Å². The second kappa shape index (κ2) is 8.89. The zero-order valence-corrected chi connectivity index (χ0v) is 15.2. The number of anilines is 2. The molecule has 1 fully saturated rings. The minimum atomic E-state index is -0.0632.